The fraction of sp³-hybridized carbons (Fsp3) is 0.250. The summed E-state index contributed by atoms with van der Waals surface area (Å²) in [5, 5.41) is 7.19. The summed E-state index contributed by atoms with van der Waals surface area (Å²) in [6, 6.07) is 3.98. The van der Waals surface area contributed by atoms with Gasteiger partial charge in [0, 0.05) is 12.4 Å². The molecule has 2 heterocycles. The first-order valence-electron chi connectivity index (χ1n) is 5.59. The topological polar surface area (TPSA) is 85.8 Å². The molecule has 2 aromatic heterocycles. The van der Waals surface area contributed by atoms with Gasteiger partial charge < -0.3 is 11.1 Å². The number of hydrogen-bond donors (Lipinski definition) is 2. The summed E-state index contributed by atoms with van der Waals surface area (Å²) in [6.07, 6.45) is 5.21. The number of aromatic nitrogens is 3. The van der Waals surface area contributed by atoms with Crippen molar-refractivity contribution in [3.05, 3.63) is 42.0 Å². The van der Waals surface area contributed by atoms with Crippen LogP contribution < -0.4 is 11.1 Å². The minimum Gasteiger partial charge on any atom is -0.377 e. The minimum absolute atomic E-state index is 0.0878. The van der Waals surface area contributed by atoms with Crippen molar-refractivity contribution in [2.24, 2.45) is 5.73 Å². The second-order valence-electron chi connectivity index (χ2n) is 4.07. The van der Waals surface area contributed by atoms with Gasteiger partial charge in [-0.25, -0.2) is 0 Å². The van der Waals surface area contributed by atoms with Gasteiger partial charge in [0.1, 0.15) is 6.54 Å². The summed E-state index contributed by atoms with van der Waals surface area (Å²) < 4.78 is 1.49. The number of primary amides is 1. The fourth-order valence-corrected chi connectivity index (χ4v) is 1.50. The molecule has 0 radical (unpaired) electrons. The van der Waals surface area contributed by atoms with Crippen molar-refractivity contribution in [2.45, 2.75) is 20.0 Å². The van der Waals surface area contributed by atoms with E-state index < -0.39 is 5.91 Å². The third kappa shape index (κ3) is 3.31. The summed E-state index contributed by atoms with van der Waals surface area (Å²) in [7, 11) is 0. The normalized spacial score (nSPS) is 10.3. The van der Waals surface area contributed by atoms with E-state index >= 15 is 0 Å². The van der Waals surface area contributed by atoms with E-state index in [0.29, 0.717) is 6.54 Å². The summed E-state index contributed by atoms with van der Waals surface area (Å²) in [5.41, 5.74) is 7.99. The number of nitrogens with one attached hydrogen (secondary N) is 1. The number of hydrogen-bond acceptors (Lipinski definition) is 4. The first kappa shape index (κ1) is 12.1. The van der Waals surface area contributed by atoms with Crippen LogP contribution in [0.5, 0.6) is 0 Å². The standard InChI is InChI=1S/C12H15N5O/c1-9-2-3-10(14-4-9)5-15-11-6-16-17(7-11)8-12(13)18/h2-4,6-7,15H,5,8H2,1H3,(H2,13,18). The third-order valence-corrected chi connectivity index (χ3v) is 2.40. The number of aryl methyl sites for hydroxylation is 1. The van der Waals surface area contributed by atoms with E-state index in [0.717, 1.165) is 16.9 Å². The van der Waals surface area contributed by atoms with Gasteiger partial charge >= 0.3 is 0 Å². The molecule has 94 valence electrons. The van der Waals surface area contributed by atoms with Crippen LogP contribution in [0.4, 0.5) is 5.69 Å². The number of nitrogens with two attached hydrogens (primary N) is 1. The molecule has 0 saturated heterocycles. The molecular weight excluding hydrogens is 230 g/mol. The average Bonchev–Trinajstić information content (AvgIpc) is 2.75. The number of anilines is 1. The number of pyridine rings is 1. The highest BCUT2D eigenvalue weighted by Crippen LogP contribution is 2.07. The smallest absolute Gasteiger partial charge is 0.239 e. The number of rotatable bonds is 5. The van der Waals surface area contributed by atoms with Crippen LogP contribution in [-0.2, 0) is 17.9 Å². The maximum Gasteiger partial charge on any atom is 0.239 e. The van der Waals surface area contributed by atoms with Gasteiger partial charge in [0.2, 0.25) is 5.91 Å². The summed E-state index contributed by atoms with van der Waals surface area (Å²) in [6.45, 7) is 2.70. The van der Waals surface area contributed by atoms with E-state index in [2.05, 4.69) is 15.4 Å². The molecule has 0 atom stereocenters. The van der Waals surface area contributed by atoms with Crippen LogP contribution in [0, 0.1) is 6.92 Å². The van der Waals surface area contributed by atoms with Crippen LogP contribution in [0.3, 0.4) is 0 Å². The van der Waals surface area contributed by atoms with Crippen LogP contribution >= 0.6 is 0 Å². The van der Waals surface area contributed by atoms with E-state index in [4.69, 9.17) is 5.73 Å². The highest BCUT2D eigenvalue weighted by atomic mass is 16.1. The lowest BCUT2D eigenvalue weighted by molar-refractivity contribution is -0.118. The molecule has 0 fully saturated rings. The Hall–Kier alpha value is -2.37. The van der Waals surface area contributed by atoms with Crippen molar-refractivity contribution in [1.82, 2.24) is 14.8 Å². The monoisotopic (exact) mass is 245 g/mol. The number of carbonyl (C=O) groups excluding carboxylic acids is 1. The van der Waals surface area contributed by atoms with E-state index in [-0.39, 0.29) is 6.54 Å². The zero-order chi connectivity index (χ0) is 13.0. The zero-order valence-electron chi connectivity index (χ0n) is 10.1. The Labute approximate surface area is 105 Å². The first-order valence-corrected chi connectivity index (χ1v) is 5.59. The molecule has 2 rings (SSSR count). The molecule has 0 aromatic carbocycles. The van der Waals surface area contributed by atoms with Crippen molar-refractivity contribution < 1.29 is 4.79 Å². The molecule has 0 aliphatic rings. The molecule has 0 saturated carbocycles. The van der Waals surface area contributed by atoms with Crippen molar-refractivity contribution in [3.8, 4) is 0 Å². The molecule has 6 nitrogen and oxygen atoms in total. The largest absolute Gasteiger partial charge is 0.377 e. The molecule has 6 heteroatoms. The van der Waals surface area contributed by atoms with E-state index in [1.807, 2.05) is 25.3 Å². The molecular formula is C12H15N5O. The fourth-order valence-electron chi connectivity index (χ4n) is 1.50. The maximum absolute atomic E-state index is 10.7. The zero-order valence-corrected chi connectivity index (χ0v) is 10.1. The van der Waals surface area contributed by atoms with Gasteiger partial charge in [-0.2, -0.15) is 5.10 Å². The van der Waals surface area contributed by atoms with Gasteiger partial charge in [-0.15, -0.1) is 0 Å². The van der Waals surface area contributed by atoms with E-state index in [1.54, 1.807) is 12.4 Å². The number of nitrogens with zero attached hydrogens (tertiary/aromatic N) is 3. The lowest BCUT2D eigenvalue weighted by Crippen LogP contribution is -2.18. The summed E-state index contributed by atoms with van der Waals surface area (Å²) in [5.74, 6) is -0.412. The molecule has 0 unspecified atom stereocenters. The molecule has 18 heavy (non-hydrogen) atoms. The SMILES string of the molecule is Cc1ccc(CNc2cnn(CC(N)=O)c2)nc1. The minimum atomic E-state index is -0.412. The average molecular weight is 245 g/mol. The lowest BCUT2D eigenvalue weighted by Gasteiger charge is -2.03. The highest BCUT2D eigenvalue weighted by Gasteiger charge is 2.01. The van der Waals surface area contributed by atoms with Gasteiger partial charge in [-0.3, -0.25) is 14.5 Å². The molecule has 1 amide bonds. The molecule has 3 N–H and O–H groups in total. The van der Waals surface area contributed by atoms with Gasteiger partial charge in [-0.05, 0) is 18.6 Å². The number of carbonyl (C=O) groups is 1. The van der Waals surface area contributed by atoms with Gasteiger partial charge in [0.05, 0.1) is 24.1 Å². The lowest BCUT2D eigenvalue weighted by atomic mass is 10.3. The van der Waals surface area contributed by atoms with Crippen LogP contribution in [0.25, 0.3) is 0 Å². The Kier molecular flexibility index (Phi) is 3.57. The molecule has 0 spiro atoms. The van der Waals surface area contributed by atoms with Gasteiger partial charge in [0.25, 0.3) is 0 Å². The van der Waals surface area contributed by atoms with Gasteiger partial charge in [0.15, 0.2) is 0 Å². The van der Waals surface area contributed by atoms with E-state index in [9.17, 15) is 4.79 Å². The first-order chi connectivity index (χ1) is 8.63. The Balaban J connectivity index is 1.92. The maximum atomic E-state index is 10.7. The van der Waals surface area contributed by atoms with E-state index in [1.165, 1.54) is 4.68 Å². The molecule has 2 aromatic rings. The third-order valence-electron chi connectivity index (χ3n) is 2.40. The van der Waals surface area contributed by atoms with Crippen molar-refractivity contribution in [2.75, 3.05) is 5.32 Å². The van der Waals surface area contributed by atoms with Crippen molar-refractivity contribution in [3.63, 3.8) is 0 Å². The van der Waals surface area contributed by atoms with Crippen molar-refractivity contribution >= 4 is 11.6 Å². The quantitative estimate of drug-likeness (QED) is 0.811. The van der Waals surface area contributed by atoms with Crippen molar-refractivity contribution in [1.29, 1.82) is 0 Å². The second kappa shape index (κ2) is 5.31. The Morgan fingerprint density at radius 1 is 1.44 bits per heavy atom. The van der Waals surface area contributed by atoms with Crippen LogP contribution in [0.2, 0.25) is 0 Å². The predicted molar refractivity (Wildman–Crippen MR) is 67.7 cm³/mol. The second-order valence-corrected chi connectivity index (χ2v) is 4.07. The Morgan fingerprint density at radius 2 is 2.28 bits per heavy atom. The molecule has 0 aliphatic heterocycles. The van der Waals surface area contributed by atoms with Crippen LogP contribution in [0.1, 0.15) is 11.3 Å². The Bertz CT molecular complexity index is 532. The van der Waals surface area contributed by atoms with Gasteiger partial charge in [-0.1, -0.05) is 6.07 Å². The van der Waals surface area contributed by atoms with Crippen LogP contribution in [-0.4, -0.2) is 20.7 Å². The highest BCUT2D eigenvalue weighted by molar-refractivity contribution is 5.73. The van der Waals surface area contributed by atoms with Crippen LogP contribution in [0.15, 0.2) is 30.7 Å². The predicted octanol–water partition coefficient (Wildman–Crippen LogP) is 0.684. The Morgan fingerprint density at radius 3 is 2.94 bits per heavy atom. The number of amides is 1. The summed E-state index contributed by atoms with van der Waals surface area (Å²) >= 11 is 0. The molecule has 0 aliphatic carbocycles. The molecule has 0 bridgehead atoms. The summed E-state index contributed by atoms with van der Waals surface area (Å²) in [4.78, 5) is 15.0.